The number of nitrogens with one attached hydrogen (secondary N) is 1. The highest BCUT2D eigenvalue weighted by Gasteiger charge is 2.21. The lowest BCUT2D eigenvalue weighted by molar-refractivity contribution is 0.181. The molecule has 1 aliphatic heterocycles. The summed E-state index contributed by atoms with van der Waals surface area (Å²) in [6.45, 7) is 5.33. The molecule has 0 bridgehead atoms. The summed E-state index contributed by atoms with van der Waals surface area (Å²) >= 11 is 1.74. The van der Waals surface area contributed by atoms with Crippen LogP contribution in [0.4, 0.5) is 0 Å². The highest BCUT2D eigenvalue weighted by atomic mass is 32.1. The van der Waals surface area contributed by atoms with Gasteiger partial charge in [0.2, 0.25) is 0 Å². The van der Waals surface area contributed by atoms with E-state index in [0.29, 0.717) is 0 Å². The fourth-order valence-electron chi connectivity index (χ4n) is 3.72. The fraction of sp³-hybridized carbons (Fsp3) is 0.647. The van der Waals surface area contributed by atoms with Crippen LogP contribution in [0.5, 0.6) is 0 Å². The molecule has 0 amide bonds. The zero-order chi connectivity index (χ0) is 15.1. The zero-order valence-corrected chi connectivity index (χ0v) is 14.0. The number of aryl methyl sites for hydroxylation is 2. The van der Waals surface area contributed by atoms with Crippen LogP contribution in [0.3, 0.4) is 0 Å². The number of fused-ring (bicyclic) bond motifs is 3. The van der Waals surface area contributed by atoms with Gasteiger partial charge in [0.1, 0.15) is 10.7 Å². The molecule has 1 fully saturated rings. The van der Waals surface area contributed by atoms with Crippen LogP contribution in [0.2, 0.25) is 0 Å². The Morgan fingerprint density at radius 1 is 1.27 bits per heavy atom. The Balaban J connectivity index is 1.64. The van der Waals surface area contributed by atoms with Gasteiger partial charge in [-0.25, -0.2) is 4.98 Å². The van der Waals surface area contributed by atoms with E-state index < -0.39 is 0 Å². The van der Waals surface area contributed by atoms with Crippen molar-refractivity contribution in [2.45, 2.75) is 52.0 Å². The second-order valence-corrected chi connectivity index (χ2v) is 7.95. The minimum atomic E-state index is 0.0739. The third-order valence-electron chi connectivity index (χ3n) is 5.12. The quantitative estimate of drug-likeness (QED) is 0.926. The highest BCUT2D eigenvalue weighted by Crippen LogP contribution is 2.33. The SMILES string of the molecule is CC1CCN(Cc2nc3sc4c(c3c(=O)[nH]2)CCCC4)CC1. The van der Waals surface area contributed by atoms with Crippen LogP contribution in [0.15, 0.2) is 4.79 Å². The van der Waals surface area contributed by atoms with Crippen LogP contribution < -0.4 is 5.56 Å². The molecule has 0 spiro atoms. The largest absolute Gasteiger partial charge is 0.309 e. The number of likely N-dealkylation sites (tertiary alicyclic amines) is 1. The van der Waals surface area contributed by atoms with Crippen LogP contribution >= 0.6 is 11.3 Å². The monoisotopic (exact) mass is 317 g/mol. The summed E-state index contributed by atoms with van der Waals surface area (Å²) < 4.78 is 0. The van der Waals surface area contributed by atoms with Crippen LogP contribution in [0.25, 0.3) is 10.2 Å². The fourth-order valence-corrected chi connectivity index (χ4v) is 5.00. The van der Waals surface area contributed by atoms with E-state index in [4.69, 9.17) is 4.98 Å². The molecule has 4 nitrogen and oxygen atoms in total. The van der Waals surface area contributed by atoms with Crippen molar-refractivity contribution in [3.05, 3.63) is 26.6 Å². The Bertz CT molecular complexity index is 740. The third-order valence-corrected chi connectivity index (χ3v) is 6.31. The number of rotatable bonds is 2. The Morgan fingerprint density at radius 2 is 2.05 bits per heavy atom. The molecule has 0 aromatic carbocycles. The second-order valence-electron chi connectivity index (χ2n) is 6.86. The first-order valence-electron chi connectivity index (χ1n) is 8.46. The van der Waals surface area contributed by atoms with Crippen LogP contribution in [-0.4, -0.2) is 28.0 Å². The minimum Gasteiger partial charge on any atom is -0.309 e. The van der Waals surface area contributed by atoms with Crippen molar-refractivity contribution in [2.24, 2.45) is 5.92 Å². The van der Waals surface area contributed by atoms with E-state index in [-0.39, 0.29) is 5.56 Å². The lowest BCUT2D eigenvalue weighted by Gasteiger charge is -2.29. The Morgan fingerprint density at radius 3 is 2.86 bits per heavy atom. The molecule has 1 N–H and O–H groups in total. The van der Waals surface area contributed by atoms with E-state index in [0.717, 1.165) is 54.4 Å². The molecule has 5 heteroatoms. The van der Waals surface area contributed by atoms with Crippen molar-refractivity contribution in [3.8, 4) is 0 Å². The van der Waals surface area contributed by atoms with Crippen molar-refractivity contribution >= 4 is 21.6 Å². The summed E-state index contributed by atoms with van der Waals surface area (Å²) in [5, 5.41) is 0.871. The first kappa shape index (κ1) is 14.4. The third kappa shape index (κ3) is 2.61. The standard InChI is InChI=1S/C17H23N3OS/c1-11-6-8-20(9-7-11)10-14-18-16(21)15-12-4-2-3-5-13(12)22-17(15)19-14/h11H,2-10H2,1H3,(H,18,19,21). The molecule has 4 rings (SSSR count). The number of aromatic nitrogens is 2. The van der Waals surface area contributed by atoms with Crippen LogP contribution in [0.1, 0.15) is 48.9 Å². The van der Waals surface area contributed by atoms with Gasteiger partial charge in [-0.3, -0.25) is 9.69 Å². The maximum atomic E-state index is 12.5. The number of nitrogens with zero attached hydrogens (tertiary/aromatic N) is 2. The van der Waals surface area contributed by atoms with Gasteiger partial charge in [-0.05, 0) is 63.1 Å². The van der Waals surface area contributed by atoms with Crippen LogP contribution in [0, 0.1) is 5.92 Å². The average molecular weight is 317 g/mol. The first-order chi connectivity index (χ1) is 10.7. The molecule has 1 aliphatic carbocycles. The Hall–Kier alpha value is -1.20. The van der Waals surface area contributed by atoms with Gasteiger partial charge in [0.25, 0.3) is 5.56 Å². The van der Waals surface area contributed by atoms with Gasteiger partial charge in [-0.2, -0.15) is 0 Å². The molecule has 0 unspecified atom stereocenters. The maximum Gasteiger partial charge on any atom is 0.259 e. The van der Waals surface area contributed by atoms with E-state index in [1.807, 2.05) is 0 Å². The predicted molar refractivity (Wildman–Crippen MR) is 90.6 cm³/mol. The molecule has 2 aromatic rings. The van der Waals surface area contributed by atoms with Gasteiger partial charge < -0.3 is 4.98 Å². The number of piperidine rings is 1. The summed E-state index contributed by atoms with van der Waals surface area (Å²) in [5.41, 5.74) is 1.35. The van der Waals surface area contributed by atoms with Gasteiger partial charge >= 0.3 is 0 Å². The summed E-state index contributed by atoms with van der Waals surface area (Å²) in [4.78, 5) is 25.1. The van der Waals surface area contributed by atoms with E-state index >= 15 is 0 Å². The van der Waals surface area contributed by atoms with E-state index in [9.17, 15) is 4.79 Å². The zero-order valence-electron chi connectivity index (χ0n) is 13.2. The summed E-state index contributed by atoms with van der Waals surface area (Å²) in [6, 6.07) is 0. The summed E-state index contributed by atoms with van der Waals surface area (Å²) in [6.07, 6.45) is 7.11. The van der Waals surface area contributed by atoms with Crippen molar-refractivity contribution < 1.29 is 0 Å². The number of hydrogen-bond donors (Lipinski definition) is 1. The Labute approximate surface area is 134 Å². The molecule has 22 heavy (non-hydrogen) atoms. The molecular formula is C17H23N3OS. The molecule has 118 valence electrons. The lowest BCUT2D eigenvalue weighted by Crippen LogP contribution is -2.33. The highest BCUT2D eigenvalue weighted by molar-refractivity contribution is 7.18. The van der Waals surface area contributed by atoms with Gasteiger partial charge in [0, 0.05) is 4.88 Å². The number of aromatic amines is 1. The van der Waals surface area contributed by atoms with Gasteiger partial charge in [-0.1, -0.05) is 6.92 Å². The van der Waals surface area contributed by atoms with Crippen molar-refractivity contribution in [3.63, 3.8) is 0 Å². The minimum absolute atomic E-state index is 0.0739. The van der Waals surface area contributed by atoms with Gasteiger partial charge in [-0.15, -0.1) is 11.3 Å². The van der Waals surface area contributed by atoms with Crippen molar-refractivity contribution in [2.75, 3.05) is 13.1 Å². The molecular weight excluding hydrogens is 294 g/mol. The smallest absolute Gasteiger partial charge is 0.259 e. The number of thiophene rings is 1. The van der Waals surface area contributed by atoms with Gasteiger partial charge in [0.15, 0.2) is 0 Å². The molecule has 3 heterocycles. The average Bonchev–Trinajstić information content (AvgIpc) is 2.88. The normalized spacial score (nSPS) is 20.4. The molecule has 0 radical (unpaired) electrons. The second kappa shape index (κ2) is 5.78. The van der Waals surface area contributed by atoms with Gasteiger partial charge in [0.05, 0.1) is 11.9 Å². The summed E-state index contributed by atoms with van der Waals surface area (Å²) in [5.74, 6) is 1.67. The number of hydrogen-bond acceptors (Lipinski definition) is 4. The Kier molecular flexibility index (Phi) is 3.78. The molecule has 2 aromatic heterocycles. The lowest BCUT2D eigenvalue weighted by atomic mass is 9.97. The first-order valence-corrected chi connectivity index (χ1v) is 9.28. The van der Waals surface area contributed by atoms with E-state index in [1.54, 1.807) is 11.3 Å². The maximum absolute atomic E-state index is 12.5. The van der Waals surface area contributed by atoms with Crippen molar-refractivity contribution in [1.82, 2.24) is 14.9 Å². The van der Waals surface area contributed by atoms with Crippen LogP contribution in [-0.2, 0) is 19.4 Å². The topological polar surface area (TPSA) is 49.0 Å². The van der Waals surface area contributed by atoms with E-state index in [1.165, 1.54) is 36.1 Å². The summed E-state index contributed by atoms with van der Waals surface area (Å²) in [7, 11) is 0. The molecule has 0 saturated carbocycles. The van der Waals surface area contributed by atoms with E-state index in [2.05, 4.69) is 16.8 Å². The predicted octanol–water partition coefficient (Wildman–Crippen LogP) is 3.10. The molecule has 2 aliphatic rings. The molecule has 1 saturated heterocycles. The van der Waals surface area contributed by atoms with Crippen molar-refractivity contribution in [1.29, 1.82) is 0 Å². The molecule has 0 atom stereocenters. The number of H-pyrrole nitrogens is 1.